The molecule has 4 rings (SSSR count). The summed E-state index contributed by atoms with van der Waals surface area (Å²) in [6.07, 6.45) is 3.94. The molecule has 5 heteroatoms. The van der Waals surface area contributed by atoms with Gasteiger partial charge in [0.05, 0.1) is 11.7 Å². The monoisotopic (exact) mass is 375 g/mol. The zero-order chi connectivity index (χ0) is 19.0. The number of nitrogens with one attached hydrogen (secondary N) is 1. The van der Waals surface area contributed by atoms with Gasteiger partial charge in [0.1, 0.15) is 9.71 Å². The molecule has 1 amide bonds. The number of benzene rings is 1. The minimum atomic E-state index is -0.0740. The maximum absolute atomic E-state index is 13.2. The Kier molecular flexibility index (Phi) is 4.54. The molecule has 0 aliphatic carbocycles. The zero-order valence-electron chi connectivity index (χ0n) is 15.6. The summed E-state index contributed by atoms with van der Waals surface area (Å²) in [5.74, 6) is -0.0740. The number of carbonyl (C=O) groups is 1. The number of nitrogens with zero attached hydrogens (tertiary/aromatic N) is 2. The summed E-state index contributed by atoms with van der Waals surface area (Å²) in [5, 5.41) is 4.18. The van der Waals surface area contributed by atoms with E-state index < -0.39 is 0 Å². The van der Waals surface area contributed by atoms with Crippen molar-refractivity contribution in [1.29, 1.82) is 0 Å². The molecule has 1 unspecified atom stereocenters. The average Bonchev–Trinajstić information content (AvgIpc) is 3.29. The van der Waals surface area contributed by atoms with Crippen LogP contribution in [0.1, 0.15) is 39.5 Å². The second kappa shape index (κ2) is 7.00. The van der Waals surface area contributed by atoms with Crippen LogP contribution in [0.25, 0.3) is 15.9 Å². The Morgan fingerprint density at radius 1 is 1.11 bits per heavy atom. The fourth-order valence-electron chi connectivity index (χ4n) is 3.39. The number of carbonyl (C=O) groups excluding carboxylic acids is 1. The van der Waals surface area contributed by atoms with Gasteiger partial charge in [-0.1, -0.05) is 30.3 Å². The first kappa shape index (κ1) is 17.5. The van der Waals surface area contributed by atoms with E-state index in [1.807, 2.05) is 73.3 Å². The van der Waals surface area contributed by atoms with E-state index in [1.165, 1.54) is 11.3 Å². The normalized spacial score (nSPS) is 12.3. The Morgan fingerprint density at radius 3 is 2.52 bits per heavy atom. The number of thiophene rings is 1. The van der Waals surface area contributed by atoms with E-state index in [0.29, 0.717) is 4.88 Å². The van der Waals surface area contributed by atoms with Crippen molar-refractivity contribution in [3.05, 3.63) is 82.6 Å². The molecular weight excluding hydrogens is 354 g/mol. The molecule has 4 nitrogen and oxygen atoms in total. The Labute approximate surface area is 162 Å². The Morgan fingerprint density at radius 2 is 1.81 bits per heavy atom. The van der Waals surface area contributed by atoms with Crippen molar-refractivity contribution >= 4 is 27.5 Å². The number of aromatic nitrogens is 2. The molecule has 3 heterocycles. The molecule has 0 saturated carbocycles. The molecule has 0 spiro atoms. The average molecular weight is 375 g/mol. The number of pyridine rings is 1. The van der Waals surface area contributed by atoms with Gasteiger partial charge in [0.2, 0.25) is 0 Å². The summed E-state index contributed by atoms with van der Waals surface area (Å²) in [7, 11) is 0. The van der Waals surface area contributed by atoms with Gasteiger partial charge in [-0.2, -0.15) is 0 Å². The van der Waals surface area contributed by atoms with Crippen LogP contribution in [-0.4, -0.2) is 15.5 Å². The lowest BCUT2D eigenvalue weighted by Gasteiger charge is -2.15. The molecule has 0 bridgehead atoms. The number of rotatable bonds is 4. The highest BCUT2D eigenvalue weighted by Crippen LogP contribution is 2.36. The molecule has 1 N–H and O–H groups in total. The number of aryl methyl sites for hydroxylation is 2. The highest BCUT2D eigenvalue weighted by molar-refractivity contribution is 7.21. The predicted molar refractivity (Wildman–Crippen MR) is 111 cm³/mol. The van der Waals surface area contributed by atoms with E-state index in [0.717, 1.165) is 32.7 Å². The van der Waals surface area contributed by atoms with Crippen molar-refractivity contribution in [2.45, 2.75) is 26.8 Å². The third-order valence-corrected chi connectivity index (χ3v) is 5.75. The number of fused-ring (bicyclic) bond motifs is 1. The van der Waals surface area contributed by atoms with Crippen LogP contribution in [0.4, 0.5) is 0 Å². The van der Waals surface area contributed by atoms with E-state index in [2.05, 4.69) is 23.3 Å². The summed E-state index contributed by atoms with van der Waals surface area (Å²) < 4.78 is 2.00. The van der Waals surface area contributed by atoms with Gasteiger partial charge < -0.3 is 9.88 Å². The minimum absolute atomic E-state index is 0.0720. The van der Waals surface area contributed by atoms with Gasteiger partial charge in [-0.25, -0.2) is 4.98 Å². The van der Waals surface area contributed by atoms with Crippen LogP contribution in [0.3, 0.4) is 0 Å². The maximum atomic E-state index is 13.2. The molecule has 0 fully saturated rings. The molecule has 0 saturated heterocycles. The van der Waals surface area contributed by atoms with Crippen molar-refractivity contribution < 1.29 is 4.79 Å². The van der Waals surface area contributed by atoms with Gasteiger partial charge in [-0.05, 0) is 50.1 Å². The molecule has 0 radical (unpaired) electrons. The quantitative estimate of drug-likeness (QED) is 0.533. The third kappa shape index (κ3) is 3.26. The summed E-state index contributed by atoms with van der Waals surface area (Å²) in [6, 6.07) is 15.9. The highest BCUT2D eigenvalue weighted by Gasteiger charge is 2.23. The molecule has 4 aromatic rings. The Hall–Kier alpha value is -2.92. The molecule has 0 aliphatic rings. The molecule has 1 aromatic carbocycles. The van der Waals surface area contributed by atoms with E-state index >= 15 is 0 Å². The first-order valence-electron chi connectivity index (χ1n) is 8.94. The molecule has 136 valence electrons. The van der Waals surface area contributed by atoms with E-state index in [9.17, 15) is 4.79 Å². The van der Waals surface area contributed by atoms with Gasteiger partial charge in [0, 0.05) is 23.5 Å². The van der Waals surface area contributed by atoms with Gasteiger partial charge in [0.15, 0.2) is 0 Å². The van der Waals surface area contributed by atoms with E-state index in [-0.39, 0.29) is 11.9 Å². The fraction of sp³-hybridized carbons (Fsp3) is 0.182. The van der Waals surface area contributed by atoms with Crippen molar-refractivity contribution in [3.63, 3.8) is 0 Å². The third-order valence-electron chi connectivity index (χ3n) is 4.68. The lowest BCUT2D eigenvalue weighted by molar-refractivity contribution is 0.0944. The molecule has 27 heavy (non-hydrogen) atoms. The summed E-state index contributed by atoms with van der Waals surface area (Å²) in [4.78, 5) is 19.4. The van der Waals surface area contributed by atoms with E-state index in [1.54, 1.807) is 0 Å². The lowest BCUT2D eigenvalue weighted by atomic mass is 10.1. The van der Waals surface area contributed by atoms with Gasteiger partial charge in [-0.3, -0.25) is 4.79 Å². The van der Waals surface area contributed by atoms with Crippen LogP contribution in [0.15, 0.2) is 60.9 Å². The maximum Gasteiger partial charge on any atom is 0.264 e. The topological polar surface area (TPSA) is 46.9 Å². The molecule has 1 atom stereocenters. The highest BCUT2D eigenvalue weighted by atomic mass is 32.1. The number of amides is 1. The largest absolute Gasteiger partial charge is 0.345 e. The van der Waals surface area contributed by atoms with Crippen LogP contribution in [0, 0.1) is 13.8 Å². The summed E-state index contributed by atoms with van der Waals surface area (Å²) >= 11 is 1.45. The van der Waals surface area contributed by atoms with Crippen LogP contribution < -0.4 is 5.32 Å². The molecule has 0 aliphatic heterocycles. The predicted octanol–water partition coefficient (Wildman–Crippen LogP) is 5.19. The fourth-order valence-corrected chi connectivity index (χ4v) is 4.59. The van der Waals surface area contributed by atoms with Crippen molar-refractivity contribution in [1.82, 2.24) is 14.9 Å². The van der Waals surface area contributed by atoms with Crippen LogP contribution in [-0.2, 0) is 0 Å². The minimum Gasteiger partial charge on any atom is -0.345 e. The smallest absolute Gasteiger partial charge is 0.264 e. The van der Waals surface area contributed by atoms with Crippen LogP contribution in [0.2, 0.25) is 0 Å². The van der Waals surface area contributed by atoms with Crippen molar-refractivity contribution in [3.8, 4) is 5.69 Å². The SMILES string of the molecule is Cc1cc(C)c2c(-n3cccc3)c(C(=O)NC(C)c3ccccc3)sc2n1. The van der Waals surface area contributed by atoms with E-state index in [4.69, 9.17) is 0 Å². The lowest BCUT2D eigenvalue weighted by Crippen LogP contribution is -2.26. The summed E-state index contributed by atoms with van der Waals surface area (Å²) in [6.45, 7) is 6.06. The van der Waals surface area contributed by atoms with Crippen LogP contribution >= 0.6 is 11.3 Å². The Bertz CT molecular complexity index is 1100. The standard InChI is InChI=1S/C22H21N3OS/c1-14-13-15(2)23-22-18(14)19(25-11-7-8-12-25)20(27-22)21(26)24-16(3)17-9-5-4-6-10-17/h4-13,16H,1-3H3,(H,24,26). The van der Waals surface area contributed by atoms with Crippen molar-refractivity contribution in [2.24, 2.45) is 0 Å². The van der Waals surface area contributed by atoms with Gasteiger partial charge in [0.25, 0.3) is 5.91 Å². The van der Waals surface area contributed by atoms with Crippen molar-refractivity contribution in [2.75, 3.05) is 0 Å². The zero-order valence-corrected chi connectivity index (χ0v) is 16.4. The number of hydrogen-bond donors (Lipinski definition) is 1. The van der Waals surface area contributed by atoms with Gasteiger partial charge >= 0.3 is 0 Å². The first-order chi connectivity index (χ1) is 13.0. The summed E-state index contributed by atoms with van der Waals surface area (Å²) in [5.41, 5.74) is 4.08. The second-order valence-electron chi connectivity index (χ2n) is 6.74. The first-order valence-corrected chi connectivity index (χ1v) is 9.76. The Balaban J connectivity index is 1.80. The van der Waals surface area contributed by atoms with Gasteiger partial charge in [-0.15, -0.1) is 11.3 Å². The number of hydrogen-bond acceptors (Lipinski definition) is 3. The van der Waals surface area contributed by atoms with Crippen LogP contribution in [0.5, 0.6) is 0 Å². The molecule has 3 aromatic heterocycles. The molecular formula is C22H21N3OS. The second-order valence-corrected chi connectivity index (χ2v) is 7.74.